The van der Waals surface area contributed by atoms with E-state index in [0.29, 0.717) is 10.8 Å². The van der Waals surface area contributed by atoms with Gasteiger partial charge in [0.15, 0.2) is 0 Å². The smallest absolute Gasteiger partial charge is 0.290 e. The molecule has 1 fully saturated rings. The summed E-state index contributed by atoms with van der Waals surface area (Å²) >= 11 is 1.48. The SMILES string of the molecule is NC(=O)c1noc(C2CCCN2CCSc2ccccc2F)n1. The average molecular weight is 336 g/mol. The summed E-state index contributed by atoms with van der Waals surface area (Å²) in [6.45, 7) is 1.69. The summed E-state index contributed by atoms with van der Waals surface area (Å²) in [7, 11) is 0. The van der Waals surface area contributed by atoms with E-state index in [0.717, 1.165) is 31.7 Å². The Bertz CT molecular complexity index is 694. The number of aromatic nitrogens is 2. The van der Waals surface area contributed by atoms with E-state index in [1.165, 1.54) is 17.8 Å². The minimum atomic E-state index is -0.695. The number of carbonyl (C=O) groups is 1. The molecule has 0 radical (unpaired) electrons. The third-order valence-corrected chi connectivity index (χ3v) is 4.81. The number of primary amides is 1. The number of hydrogen-bond acceptors (Lipinski definition) is 6. The molecule has 2 heterocycles. The van der Waals surface area contributed by atoms with E-state index in [1.807, 2.05) is 6.07 Å². The van der Waals surface area contributed by atoms with Gasteiger partial charge in [0.2, 0.25) is 5.89 Å². The molecule has 0 spiro atoms. The lowest BCUT2D eigenvalue weighted by molar-refractivity contribution is 0.0987. The first-order valence-corrected chi connectivity index (χ1v) is 8.38. The van der Waals surface area contributed by atoms with Crippen LogP contribution >= 0.6 is 11.8 Å². The maximum Gasteiger partial charge on any atom is 0.290 e. The molecule has 1 aliphatic rings. The molecule has 1 aromatic heterocycles. The molecule has 1 amide bonds. The van der Waals surface area contributed by atoms with Crippen LogP contribution in [0.3, 0.4) is 0 Å². The van der Waals surface area contributed by atoms with Gasteiger partial charge < -0.3 is 10.3 Å². The first kappa shape index (κ1) is 15.9. The molecular formula is C15H17FN4O2S. The van der Waals surface area contributed by atoms with E-state index in [-0.39, 0.29) is 17.7 Å². The number of thioether (sulfide) groups is 1. The maximum atomic E-state index is 13.6. The number of nitrogens with zero attached hydrogens (tertiary/aromatic N) is 3. The first-order chi connectivity index (χ1) is 11.1. The van der Waals surface area contributed by atoms with Crippen LogP contribution in [0, 0.1) is 5.82 Å². The zero-order chi connectivity index (χ0) is 16.2. The lowest BCUT2D eigenvalue weighted by atomic mass is 10.2. The van der Waals surface area contributed by atoms with Crippen LogP contribution < -0.4 is 5.73 Å². The summed E-state index contributed by atoms with van der Waals surface area (Å²) in [5.41, 5.74) is 5.14. The van der Waals surface area contributed by atoms with Crippen LogP contribution in [0.5, 0.6) is 0 Å². The Morgan fingerprint density at radius 2 is 2.30 bits per heavy atom. The average Bonchev–Trinajstić information content (AvgIpc) is 3.17. The quantitative estimate of drug-likeness (QED) is 0.814. The lowest BCUT2D eigenvalue weighted by Gasteiger charge is -2.21. The summed E-state index contributed by atoms with van der Waals surface area (Å²) in [5.74, 6) is 0.201. The van der Waals surface area contributed by atoms with Crippen molar-refractivity contribution in [1.82, 2.24) is 15.0 Å². The predicted octanol–water partition coefficient (Wildman–Crippen LogP) is 2.24. The van der Waals surface area contributed by atoms with E-state index in [9.17, 15) is 9.18 Å². The molecule has 8 heteroatoms. The second-order valence-electron chi connectivity index (χ2n) is 5.29. The van der Waals surface area contributed by atoms with E-state index in [1.54, 1.807) is 12.1 Å². The number of nitrogens with two attached hydrogens (primary N) is 1. The molecule has 6 nitrogen and oxygen atoms in total. The molecule has 23 heavy (non-hydrogen) atoms. The van der Waals surface area contributed by atoms with Crippen LogP contribution in [0.15, 0.2) is 33.7 Å². The van der Waals surface area contributed by atoms with Crippen molar-refractivity contribution in [3.8, 4) is 0 Å². The van der Waals surface area contributed by atoms with Gasteiger partial charge in [-0.05, 0) is 31.5 Å². The van der Waals surface area contributed by atoms with Gasteiger partial charge in [-0.1, -0.05) is 17.3 Å². The summed E-state index contributed by atoms with van der Waals surface area (Å²) < 4.78 is 18.8. The van der Waals surface area contributed by atoms with Gasteiger partial charge in [0.05, 0.1) is 6.04 Å². The Hall–Kier alpha value is -1.93. The number of amides is 1. The van der Waals surface area contributed by atoms with Crippen molar-refractivity contribution in [2.45, 2.75) is 23.8 Å². The normalized spacial score (nSPS) is 18.4. The second kappa shape index (κ2) is 7.10. The highest BCUT2D eigenvalue weighted by Crippen LogP contribution is 2.31. The summed E-state index contributed by atoms with van der Waals surface area (Å²) in [6.07, 6.45) is 1.91. The Morgan fingerprint density at radius 3 is 3.04 bits per heavy atom. The number of likely N-dealkylation sites (tertiary alicyclic amines) is 1. The van der Waals surface area contributed by atoms with Crippen LogP contribution in [-0.2, 0) is 0 Å². The molecule has 0 aliphatic carbocycles. The molecule has 2 N–H and O–H groups in total. The fourth-order valence-electron chi connectivity index (χ4n) is 2.68. The highest BCUT2D eigenvalue weighted by atomic mass is 32.2. The first-order valence-electron chi connectivity index (χ1n) is 7.40. The molecule has 2 aromatic rings. The van der Waals surface area contributed by atoms with Crippen molar-refractivity contribution in [2.75, 3.05) is 18.8 Å². The fourth-order valence-corrected chi connectivity index (χ4v) is 3.61. The van der Waals surface area contributed by atoms with E-state index >= 15 is 0 Å². The molecule has 0 saturated carbocycles. The molecule has 1 unspecified atom stereocenters. The van der Waals surface area contributed by atoms with Crippen LogP contribution in [0.25, 0.3) is 0 Å². The maximum absolute atomic E-state index is 13.6. The summed E-state index contributed by atoms with van der Waals surface area (Å²) in [4.78, 5) is 18.0. The molecule has 1 saturated heterocycles. The molecule has 3 rings (SSSR count). The van der Waals surface area contributed by atoms with E-state index < -0.39 is 5.91 Å². The Kier molecular flexibility index (Phi) is 4.92. The van der Waals surface area contributed by atoms with Crippen molar-refractivity contribution in [3.05, 3.63) is 41.8 Å². The monoisotopic (exact) mass is 336 g/mol. The van der Waals surface area contributed by atoms with Crippen LogP contribution in [0.2, 0.25) is 0 Å². The molecule has 1 aliphatic heterocycles. The minimum Gasteiger partial charge on any atom is -0.363 e. The van der Waals surface area contributed by atoms with Gasteiger partial charge in [0.25, 0.3) is 11.7 Å². The van der Waals surface area contributed by atoms with Gasteiger partial charge in [-0.25, -0.2) is 4.39 Å². The number of carbonyl (C=O) groups excluding carboxylic acids is 1. The minimum absolute atomic E-state index is 0.00294. The second-order valence-corrected chi connectivity index (χ2v) is 6.43. The van der Waals surface area contributed by atoms with Gasteiger partial charge in [-0.2, -0.15) is 4.98 Å². The summed E-state index contributed by atoms with van der Waals surface area (Å²) in [5, 5.41) is 3.59. The van der Waals surface area contributed by atoms with Crippen LogP contribution in [-0.4, -0.2) is 39.8 Å². The number of hydrogen-bond donors (Lipinski definition) is 1. The highest BCUT2D eigenvalue weighted by Gasteiger charge is 2.30. The lowest BCUT2D eigenvalue weighted by Crippen LogP contribution is -2.26. The van der Waals surface area contributed by atoms with Gasteiger partial charge in [-0.15, -0.1) is 11.8 Å². The topological polar surface area (TPSA) is 85.2 Å². The van der Waals surface area contributed by atoms with Gasteiger partial charge in [-0.3, -0.25) is 9.69 Å². The molecule has 1 aromatic carbocycles. The van der Waals surface area contributed by atoms with Crippen molar-refractivity contribution in [2.24, 2.45) is 5.73 Å². The highest BCUT2D eigenvalue weighted by molar-refractivity contribution is 7.99. The van der Waals surface area contributed by atoms with Gasteiger partial charge in [0.1, 0.15) is 5.82 Å². The predicted molar refractivity (Wildman–Crippen MR) is 83.5 cm³/mol. The van der Waals surface area contributed by atoms with Crippen molar-refractivity contribution in [1.29, 1.82) is 0 Å². The fraction of sp³-hybridized carbons (Fsp3) is 0.400. The number of halogens is 1. The Balaban J connectivity index is 1.58. The summed E-state index contributed by atoms with van der Waals surface area (Å²) in [6, 6.07) is 6.75. The third-order valence-electron chi connectivity index (χ3n) is 3.78. The van der Waals surface area contributed by atoms with Crippen LogP contribution in [0.4, 0.5) is 4.39 Å². The van der Waals surface area contributed by atoms with Gasteiger partial charge >= 0.3 is 0 Å². The zero-order valence-corrected chi connectivity index (χ0v) is 13.3. The Labute approximate surface area is 137 Å². The molecule has 1 atom stereocenters. The third kappa shape index (κ3) is 3.70. The van der Waals surface area contributed by atoms with Crippen LogP contribution in [0.1, 0.15) is 35.4 Å². The number of rotatable bonds is 6. The molecular weight excluding hydrogens is 319 g/mol. The van der Waals surface area contributed by atoms with Gasteiger partial charge in [0, 0.05) is 17.2 Å². The van der Waals surface area contributed by atoms with Crippen molar-refractivity contribution < 1.29 is 13.7 Å². The zero-order valence-electron chi connectivity index (χ0n) is 12.4. The number of benzene rings is 1. The largest absolute Gasteiger partial charge is 0.363 e. The molecule has 0 bridgehead atoms. The van der Waals surface area contributed by atoms with E-state index in [4.69, 9.17) is 10.3 Å². The van der Waals surface area contributed by atoms with Crippen molar-refractivity contribution in [3.63, 3.8) is 0 Å². The van der Waals surface area contributed by atoms with Crippen molar-refractivity contribution >= 4 is 17.7 Å². The Morgan fingerprint density at radius 1 is 1.48 bits per heavy atom. The standard InChI is InChI=1S/C15H17FN4O2S/c16-10-4-1-2-6-12(10)23-9-8-20-7-3-5-11(20)15-18-14(13(17)21)19-22-15/h1-2,4,6,11H,3,5,7-9H2,(H2,17,21). The van der Waals surface area contributed by atoms with E-state index in [2.05, 4.69) is 15.0 Å². The molecule has 122 valence electrons.